The molecular weight excluding hydrogens is 380 g/mol. The van der Waals surface area contributed by atoms with Gasteiger partial charge in [-0.1, -0.05) is 12.1 Å². The Hall–Kier alpha value is -3.14. The summed E-state index contributed by atoms with van der Waals surface area (Å²) in [6.07, 6.45) is 1.86. The summed E-state index contributed by atoms with van der Waals surface area (Å²) in [5, 5.41) is 26.5. The van der Waals surface area contributed by atoms with E-state index >= 15 is 0 Å². The molecule has 1 unspecified atom stereocenters. The third kappa shape index (κ3) is 4.32. The van der Waals surface area contributed by atoms with Crippen LogP contribution in [0.25, 0.3) is 0 Å². The fourth-order valence-electron chi connectivity index (χ4n) is 3.33. The lowest BCUT2D eigenvalue weighted by Gasteiger charge is -2.50. The van der Waals surface area contributed by atoms with E-state index < -0.39 is 28.3 Å². The maximum absolute atomic E-state index is 12.3. The number of methoxy groups -OCH3 is 1. The summed E-state index contributed by atoms with van der Waals surface area (Å²) in [6.45, 7) is 5.28. The smallest absolute Gasteiger partial charge is 0.410 e. The zero-order valence-corrected chi connectivity index (χ0v) is 16.7. The molecule has 10 heteroatoms. The molecular formula is C19H24N4O6. The van der Waals surface area contributed by atoms with Crippen LogP contribution in [0.3, 0.4) is 0 Å². The van der Waals surface area contributed by atoms with Crippen LogP contribution in [0.1, 0.15) is 32.4 Å². The number of likely N-dealkylation sites (tertiary alicyclic amines) is 1. The van der Waals surface area contributed by atoms with Gasteiger partial charge in [0.05, 0.1) is 25.1 Å². The number of hydrogen-bond acceptors (Lipinski definition) is 7. The van der Waals surface area contributed by atoms with Crippen LogP contribution in [-0.4, -0.2) is 62.2 Å². The third-order valence-corrected chi connectivity index (χ3v) is 4.56. The van der Waals surface area contributed by atoms with E-state index in [0.29, 0.717) is 11.3 Å². The lowest BCUT2D eigenvalue weighted by molar-refractivity contribution is -0.385. The van der Waals surface area contributed by atoms with Crippen LogP contribution >= 0.6 is 0 Å². The van der Waals surface area contributed by atoms with Gasteiger partial charge in [-0.2, -0.15) is 5.10 Å². The molecule has 1 amide bonds. The molecule has 3 rings (SSSR count). The monoisotopic (exact) mass is 404 g/mol. The van der Waals surface area contributed by atoms with Gasteiger partial charge in [-0.15, -0.1) is 0 Å². The summed E-state index contributed by atoms with van der Waals surface area (Å²) >= 11 is 0. The van der Waals surface area contributed by atoms with E-state index in [-0.39, 0.29) is 18.8 Å². The Morgan fingerprint density at radius 1 is 1.38 bits per heavy atom. The van der Waals surface area contributed by atoms with Gasteiger partial charge in [0, 0.05) is 0 Å². The van der Waals surface area contributed by atoms with Gasteiger partial charge < -0.3 is 19.5 Å². The van der Waals surface area contributed by atoms with Gasteiger partial charge in [-0.05, 0) is 38.5 Å². The molecule has 2 heterocycles. The minimum atomic E-state index is -1.39. The molecule has 0 aliphatic carbocycles. The van der Waals surface area contributed by atoms with Crippen LogP contribution in [0.4, 0.5) is 10.5 Å². The summed E-state index contributed by atoms with van der Waals surface area (Å²) < 4.78 is 11.9. The average Bonchev–Trinajstić information content (AvgIpc) is 3.08. The maximum atomic E-state index is 12.3. The van der Waals surface area contributed by atoms with E-state index in [4.69, 9.17) is 9.47 Å². The highest BCUT2D eigenvalue weighted by Crippen LogP contribution is 2.39. The molecule has 1 saturated heterocycles. The van der Waals surface area contributed by atoms with Crippen LogP contribution in [0.2, 0.25) is 0 Å². The first-order chi connectivity index (χ1) is 13.5. The van der Waals surface area contributed by atoms with Crippen molar-refractivity contribution in [3.05, 3.63) is 52.3 Å². The topological polar surface area (TPSA) is 120 Å². The minimum absolute atomic E-state index is 0.00253. The first-order valence-electron chi connectivity index (χ1n) is 9.05. The van der Waals surface area contributed by atoms with Gasteiger partial charge in [0.25, 0.3) is 0 Å². The van der Waals surface area contributed by atoms with Gasteiger partial charge in [-0.25, -0.2) is 4.79 Å². The van der Waals surface area contributed by atoms with Crippen molar-refractivity contribution < 1.29 is 24.3 Å². The summed E-state index contributed by atoms with van der Waals surface area (Å²) in [4.78, 5) is 24.2. The molecule has 0 radical (unpaired) electrons. The molecule has 1 atom stereocenters. The van der Waals surface area contributed by atoms with E-state index in [1.165, 1.54) is 22.9 Å². The fourth-order valence-corrected chi connectivity index (χ4v) is 3.33. The number of ether oxygens (including phenoxy) is 2. The molecule has 0 bridgehead atoms. The molecule has 156 valence electrons. The molecule has 1 aliphatic rings. The second-order valence-electron chi connectivity index (χ2n) is 8.05. The van der Waals surface area contributed by atoms with Crippen LogP contribution < -0.4 is 4.74 Å². The molecule has 2 aromatic rings. The highest BCUT2D eigenvalue weighted by Gasteiger charge is 2.52. The van der Waals surface area contributed by atoms with Gasteiger partial charge in [0.2, 0.25) is 0 Å². The summed E-state index contributed by atoms with van der Waals surface area (Å²) in [5.74, 6) is 0.570. The van der Waals surface area contributed by atoms with Crippen molar-refractivity contribution in [2.45, 2.75) is 38.0 Å². The number of hydrogen-bond donors (Lipinski definition) is 1. The summed E-state index contributed by atoms with van der Waals surface area (Å²) in [5.41, 5.74) is -1.58. The van der Waals surface area contributed by atoms with Gasteiger partial charge in [0.1, 0.15) is 35.4 Å². The Morgan fingerprint density at radius 3 is 2.62 bits per heavy atom. The normalized spacial score (nSPS) is 16.7. The summed E-state index contributed by atoms with van der Waals surface area (Å²) in [7, 11) is 1.52. The van der Waals surface area contributed by atoms with E-state index in [2.05, 4.69) is 5.10 Å². The molecule has 10 nitrogen and oxygen atoms in total. The van der Waals surface area contributed by atoms with E-state index in [1.807, 2.05) is 0 Å². The number of amides is 1. The lowest BCUT2D eigenvalue weighted by Crippen LogP contribution is -2.67. The molecule has 1 aromatic carbocycles. The third-order valence-electron chi connectivity index (χ3n) is 4.56. The number of aliphatic hydroxyl groups is 1. The number of aromatic nitrogens is 2. The number of nitrogens with zero attached hydrogens (tertiary/aromatic N) is 4. The van der Waals surface area contributed by atoms with Gasteiger partial charge >= 0.3 is 11.8 Å². The van der Waals surface area contributed by atoms with Crippen molar-refractivity contribution in [2.75, 3.05) is 20.2 Å². The SMILES string of the molecule is COc1cccc(C(n2cc([N+](=O)[O-])cn2)C2(O)CN(C(=O)OC(C)(C)C)C2)c1. The van der Waals surface area contributed by atoms with E-state index in [1.54, 1.807) is 45.0 Å². The standard InChI is InChI=1S/C19H24N4O6/c1-18(2,3)29-17(24)21-11-19(25,12-21)16(13-6-5-7-15(8-13)28-4)22-10-14(9-20-22)23(26)27/h5-10,16,25H,11-12H2,1-4H3. The molecule has 1 aromatic heterocycles. The Kier molecular flexibility index (Phi) is 5.22. The maximum Gasteiger partial charge on any atom is 0.410 e. The fraction of sp³-hybridized carbons (Fsp3) is 0.474. The second kappa shape index (κ2) is 7.36. The Bertz CT molecular complexity index is 913. The van der Waals surface area contributed by atoms with Crippen LogP contribution in [0.15, 0.2) is 36.7 Å². The zero-order chi connectivity index (χ0) is 21.4. The van der Waals surface area contributed by atoms with Crippen LogP contribution in [0, 0.1) is 10.1 Å². The molecule has 1 aliphatic heterocycles. The highest BCUT2D eigenvalue weighted by molar-refractivity contribution is 5.70. The first-order valence-corrected chi connectivity index (χ1v) is 9.05. The number of rotatable bonds is 5. The van der Waals surface area contributed by atoms with Crippen molar-refractivity contribution in [3.8, 4) is 5.75 Å². The van der Waals surface area contributed by atoms with Crippen molar-refractivity contribution in [1.29, 1.82) is 0 Å². The van der Waals surface area contributed by atoms with Crippen molar-refractivity contribution in [2.24, 2.45) is 0 Å². The summed E-state index contributed by atoms with van der Waals surface area (Å²) in [6, 6.07) is 6.25. The van der Waals surface area contributed by atoms with E-state index in [9.17, 15) is 20.0 Å². The highest BCUT2D eigenvalue weighted by atomic mass is 16.6. The number of carbonyl (C=O) groups is 1. The predicted octanol–water partition coefficient (Wildman–Crippen LogP) is 2.37. The number of carbonyl (C=O) groups excluding carboxylic acids is 1. The Labute approximate surface area is 167 Å². The minimum Gasteiger partial charge on any atom is -0.497 e. The lowest BCUT2D eigenvalue weighted by atomic mass is 9.82. The first kappa shape index (κ1) is 20.6. The van der Waals surface area contributed by atoms with Crippen LogP contribution in [-0.2, 0) is 4.74 Å². The Morgan fingerprint density at radius 2 is 2.07 bits per heavy atom. The van der Waals surface area contributed by atoms with Crippen molar-refractivity contribution >= 4 is 11.8 Å². The predicted molar refractivity (Wildman–Crippen MR) is 103 cm³/mol. The molecule has 29 heavy (non-hydrogen) atoms. The number of nitro groups is 1. The van der Waals surface area contributed by atoms with Crippen LogP contribution in [0.5, 0.6) is 5.75 Å². The molecule has 1 fully saturated rings. The second-order valence-corrected chi connectivity index (χ2v) is 8.05. The largest absolute Gasteiger partial charge is 0.497 e. The molecule has 0 spiro atoms. The van der Waals surface area contributed by atoms with Crippen molar-refractivity contribution in [3.63, 3.8) is 0 Å². The zero-order valence-electron chi connectivity index (χ0n) is 16.7. The van der Waals surface area contributed by atoms with Gasteiger partial charge in [0.15, 0.2) is 0 Å². The van der Waals surface area contributed by atoms with E-state index in [0.717, 1.165) is 6.20 Å². The van der Waals surface area contributed by atoms with Gasteiger partial charge in [-0.3, -0.25) is 14.8 Å². The molecule has 1 N–H and O–H groups in total. The van der Waals surface area contributed by atoms with Crippen molar-refractivity contribution in [1.82, 2.24) is 14.7 Å². The number of β-amino-alcohol motifs (C(OH)–C–C–N with tert-alkyl or cyclic N) is 1. The average molecular weight is 404 g/mol. The quantitative estimate of drug-likeness (QED) is 0.600. The Balaban J connectivity index is 1.91. The molecule has 0 saturated carbocycles. The number of benzene rings is 1.